The van der Waals surface area contributed by atoms with Gasteiger partial charge in [-0.05, 0) is 49.6 Å². The number of aromatic amines is 1. The Bertz CT molecular complexity index is 1400. The maximum absolute atomic E-state index is 13.4. The molecule has 1 aliphatic rings. The van der Waals surface area contributed by atoms with E-state index in [1.807, 2.05) is 42.2 Å². The van der Waals surface area contributed by atoms with E-state index in [1.165, 1.54) is 12.1 Å². The SMILES string of the molecule is Cc1[nH]c(-c2ccc(C(F)(F)F)cc2)nc1CN1CCC(N(Cc2ccccc2)C(=O)Nc2ccncc2)CC1. The number of hydrogen-bond donors (Lipinski definition) is 2. The largest absolute Gasteiger partial charge is 0.416 e. The van der Waals surface area contributed by atoms with Gasteiger partial charge in [0.1, 0.15) is 5.82 Å². The maximum Gasteiger partial charge on any atom is 0.416 e. The summed E-state index contributed by atoms with van der Waals surface area (Å²) in [6.45, 7) is 4.64. The van der Waals surface area contributed by atoms with Crippen molar-refractivity contribution in [1.82, 2.24) is 24.8 Å². The third kappa shape index (κ3) is 6.69. The zero-order valence-corrected chi connectivity index (χ0v) is 22.2. The Morgan fingerprint density at radius 1 is 1.02 bits per heavy atom. The van der Waals surface area contributed by atoms with Crippen molar-refractivity contribution in [3.05, 3.63) is 102 Å². The number of piperidine rings is 1. The van der Waals surface area contributed by atoms with Crippen molar-refractivity contribution in [2.75, 3.05) is 18.4 Å². The molecule has 3 heterocycles. The molecule has 10 heteroatoms. The maximum atomic E-state index is 13.4. The Kier molecular flexibility index (Phi) is 8.16. The van der Waals surface area contributed by atoms with Crippen LogP contribution in [0.25, 0.3) is 11.4 Å². The van der Waals surface area contributed by atoms with E-state index in [0.29, 0.717) is 30.2 Å². The summed E-state index contributed by atoms with van der Waals surface area (Å²) in [6, 6.07) is 18.5. The minimum absolute atomic E-state index is 0.0706. The highest BCUT2D eigenvalue weighted by Crippen LogP contribution is 2.31. The third-order valence-corrected chi connectivity index (χ3v) is 7.23. The predicted molar refractivity (Wildman–Crippen MR) is 147 cm³/mol. The Morgan fingerprint density at radius 3 is 2.35 bits per heavy atom. The topological polar surface area (TPSA) is 77.2 Å². The fraction of sp³-hybridized carbons (Fsp3) is 0.300. The number of benzene rings is 2. The molecule has 208 valence electrons. The molecule has 1 saturated heterocycles. The summed E-state index contributed by atoms with van der Waals surface area (Å²) in [6.07, 6.45) is 0.550. The molecule has 2 N–H and O–H groups in total. The van der Waals surface area contributed by atoms with Gasteiger partial charge in [-0.1, -0.05) is 42.5 Å². The molecule has 0 atom stereocenters. The standard InChI is InChI=1S/C30H31F3N6O/c1-21-27(37-28(35-21)23-7-9-24(10-8-23)30(31,32)33)20-38-17-13-26(14-18-38)39(19-22-5-3-2-4-6-22)29(40)36-25-11-15-34-16-12-25/h2-12,15-16,26H,13-14,17-20H2,1H3,(H,35,37)(H,34,36,40). The van der Waals surface area contributed by atoms with Crippen LogP contribution in [0.15, 0.2) is 79.1 Å². The minimum Gasteiger partial charge on any atom is -0.342 e. The van der Waals surface area contributed by atoms with E-state index in [2.05, 4.69) is 20.2 Å². The third-order valence-electron chi connectivity index (χ3n) is 7.23. The van der Waals surface area contributed by atoms with E-state index in [1.54, 1.807) is 24.5 Å². The van der Waals surface area contributed by atoms with E-state index >= 15 is 0 Å². The number of aryl methyl sites for hydroxylation is 1. The number of carbonyl (C=O) groups is 1. The Hall–Kier alpha value is -4.18. The molecule has 1 aliphatic heterocycles. The summed E-state index contributed by atoms with van der Waals surface area (Å²) in [5.74, 6) is 0.554. The number of aromatic nitrogens is 3. The van der Waals surface area contributed by atoms with E-state index in [-0.39, 0.29) is 12.1 Å². The van der Waals surface area contributed by atoms with E-state index in [0.717, 1.165) is 55.0 Å². The molecule has 2 aromatic carbocycles. The molecule has 1 fully saturated rings. The summed E-state index contributed by atoms with van der Waals surface area (Å²) in [7, 11) is 0. The number of nitrogens with one attached hydrogen (secondary N) is 2. The average Bonchev–Trinajstić information content (AvgIpc) is 3.32. The molecule has 0 unspecified atom stereocenters. The number of nitrogens with zero attached hydrogens (tertiary/aromatic N) is 4. The fourth-order valence-corrected chi connectivity index (χ4v) is 4.98. The molecule has 7 nitrogen and oxygen atoms in total. The van der Waals surface area contributed by atoms with Crippen molar-refractivity contribution in [2.24, 2.45) is 0 Å². The Morgan fingerprint density at radius 2 is 1.70 bits per heavy atom. The van der Waals surface area contributed by atoms with Gasteiger partial charge in [0.05, 0.1) is 11.3 Å². The van der Waals surface area contributed by atoms with Crippen LogP contribution in [0, 0.1) is 6.92 Å². The highest BCUT2D eigenvalue weighted by atomic mass is 19.4. The normalized spacial score (nSPS) is 14.7. The molecular formula is C30H31F3N6O. The minimum atomic E-state index is -4.37. The molecule has 2 amide bonds. The Balaban J connectivity index is 1.23. The smallest absolute Gasteiger partial charge is 0.342 e. The van der Waals surface area contributed by atoms with E-state index in [4.69, 9.17) is 4.98 Å². The number of likely N-dealkylation sites (tertiary alicyclic amines) is 1. The zero-order chi connectivity index (χ0) is 28.1. The van der Waals surface area contributed by atoms with Crippen LogP contribution in [0.5, 0.6) is 0 Å². The number of H-pyrrole nitrogens is 1. The van der Waals surface area contributed by atoms with Crippen LogP contribution >= 0.6 is 0 Å². The number of hydrogen-bond acceptors (Lipinski definition) is 4. The summed E-state index contributed by atoms with van der Waals surface area (Å²) in [5.41, 5.74) is 3.45. The van der Waals surface area contributed by atoms with Crippen molar-refractivity contribution >= 4 is 11.7 Å². The lowest BCUT2D eigenvalue weighted by atomic mass is 10.0. The number of anilines is 1. The lowest BCUT2D eigenvalue weighted by molar-refractivity contribution is -0.137. The van der Waals surface area contributed by atoms with Crippen LogP contribution < -0.4 is 5.32 Å². The molecular weight excluding hydrogens is 517 g/mol. The first kappa shape index (κ1) is 27.4. The molecule has 2 aromatic heterocycles. The number of pyridine rings is 1. The Labute approximate surface area is 231 Å². The van der Waals surface area contributed by atoms with Gasteiger partial charge >= 0.3 is 12.2 Å². The number of carbonyl (C=O) groups excluding carboxylic acids is 1. The number of halogens is 3. The highest BCUT2D eigenvalue weighted by molar-refractivity contribution is 5.89. The summed E-state index contributed by atoms with van der Waals surface area (Å²) >= 11 is 0. The first-order chi connectivity index (χ1) is 19.3. The zero-order valence-electron chi connectivity index (χ0n) is 22.2. The molecule has 0 radical (unpaired) electrons. The molecule has 4 aromatic rings. The summed E-state index contributed by atoms with van der Waals surface area (Å²) in [5, 5.41) is 3.00. The second-order valence-corrected chi connectivity index (χ2v) is 10.0. The van der Waals surface area contributed by atoms with Gasteiger partial charge in [-0.15, -0.1) is 0 Å². The lowest BCUT2D eigenvalue weighted by Crippen LogP contribution is -2.48. The predicted octanol–water partition coefficient (Wildman–Crippen LogP) is 6.50. The number of alkyl halides is 3. The summed E-state index contributed by atoms with van der Waals surface area (Å²) in [4.78, 5) is 29.5. The van der Waals surface area contributed by atoms with Crippen LogP contribution in [0.4, 0.5) is 23.7 Å². The van der Waals surface area contributed by atoms with Crippen molar-refractivity contribution in [2.45, 2.75) is 45.1 Å². The van der Waals surface area contributed by atoms with Gasteiger partial charge in [-0.25, -0.2) is 9.78 Å². The van der Waals surface area contributed by atoms with Gasteiger partial charge < -0.3 is 15.2 Å². The second kappa shape index (κ2) is 11.9. The molecule has 40 heavy (non-hydrogen) atoms. The van der Waals surface area contributed by atoms with Crippen LogP contribution in [0.2, 0.25) is 0 Å². The number of urea groups is 1. The highest BCUT2D eigenvalue weighted by Gasteiger charge is 2.31. The quantitative estimate of drug-likeness (QED) is 0.277. The monoisotopic (exact) mass is 548 g/mol. The molecule has 5 rings (SSSR count). The number of amides is 2. The van der Waals surface area contributed by atoms with Crippen molar-refractivity contribution in [1.29, 1.82) is 0 Å². The van der Waals surface area contributed by atoms with Gasteiger partial charge in [-0.3, -0.25) is 9.88 Å². The molecule has 0 bridgehead atoms. The van der Waals surface area contributed by atoms with Gasteiger partial charge in [0.2, 0.25) is 0 Å². The van der Waals surface area contributed by atoms with E-state index in [9.17, 15) is 18.0 Å². The van der Waals surface area contributed by atoms with Crippen molar-refractivity contribution < 1.29 is 18.0 Å². The van der Waals surface area contributed by atoms with E-state index < -0.39 is 11.7 Å². The van der Waals surface area contributed by atoms with Crippen molar-refractivity contribution in [3.8, 4) is 11.4 Å². The molecule has 0 spiro atoms. The lowest BCUT2D eigenvalue weighted by Gasteiger charge is -2.38. The molecule has 0 saturated carbocycles. The molecule has 0 aliphatic carbocycles. The van der Waals surface area contributed by atoms with Gasteiger partial charge in [0.15, 0.2) is 0 Å². The number of rotatable bonds is 7. The fourth-order valence-electron chi connectivity index (χ4n) is 4.98. The van der Waals surface area contributed by atoms with Crippen LogP contribution in [-0.2, 0) is 19.3 Å². The van der Waals surface area contributed by atoms with Gasteiger partial charge in [-0.2, -0.15) is 13.2 Å². The van der Waals surface area contributed by atoms with Crippen LogP contribution in [0.3, 0.4) is 0 Å². The second-order valence-electron chi connectivity index (χ2n) is 10.0. The van der Waals surface area contributed by atoms with Gasteiger partial charge in [0.25, 0.3) is 0 Å². The van der Waals surface area contributed by atoms with Crippen LogP contribution in [0.1, 0.15) is 35.4 Å². The summed E-state index contributed by atoms with van der Waals surface area (Å²) < 4.78 is 38.8. The number of imidazole rings is 1. The van der Waals surface area contributed by atoms with Crippen molar-refractivity contribution in [3.63, 3.8) is 0 Å². The first-order valence-electron chi connectivity index (χ1n) is 13.2. The first-order valence-corrected chi connectivity index (χ1v) is 13.2. The van der Waals surface area contributed by atoms with Gasteiger partial charge in [0, 0.05) is 61.6 Å². The van der Waals surface area contributed by atoms with Crippen LogP contribution in [-0.4, -0.2) is 49.9 Å². The average molecular weight is 549 g/mol.